The van der Waals surface area contributed by atoms with Crippen molar-refractivity contribution in [3.63, 3.8) is 0 Å². The van der Waals surface area contributed by atoms with E-state index in [1.165, 1.54) is 4.70 Å². The molecule has 7 heteroatoms. The van der Waals surface area contributed by atoms with Gasteiger partial charge < -0.3 is 4.90 Å². The fourth-order valence-electron chi connectivity index (χ4n) is 3.11. The predicted octanol–water partition coefficient (Wildman–Crippen LogP) is 5.02. The maximum atomic E-state index is 12.7. The number of carbonyl (C=O) groups excluding carboxylic acids is 1. The van der Waals surface area contributed by atoms with Gasteiger partial charge in [0, 0.05) is 19.0 Å². The topological polar surface area (TPSA) is 46.1 Å². The first kappa shape index (κ1) is 16.8. The van der Waals surface area contributed by atoms with Crippen LogP contribution in [0.2, 0.25) is 10.2 Å². The van der Waals surface area contributed by atoms with Crippen LogP contribution in [0.3, 0.4) is 0 Å². The lowest BCUT2D eigenvalue weighted by molar-refractivity contribution is 0.0707. The summed E-state index contributed by atoms with van der Waals surface area (Å²) in [6, 6.07) is 11.4. The molecule has 4 nitrogen and oxygen atoms in total. The summed E-state index contributed by atoms with van der Waals surface area (Å²) in [7, 11) is 0. The number of thiazole rings is 1. The molecule has 0 aliphatic carbocycles. The summed E-state index contributed by atoms with van der Waals surface area (Å²) >= 11 is 13.7. The highest BCUT2D eigenvalue weighted by atomic mass is 35.5. The largest absolute Gasteiger partial charge is 0.337 e. The van der Waals surface area contributed by atoms with Crippen LogP contribution in [0.1, 0.15) is 34.3 Å². The number of pyridine rings is 1. The molecule has 0 saturated carbocycles. The molecule has 1 aromatic carbocycles. The lowest BCUT2D eigenvalue weighted by Crippen LogP contribution is -2.38. The average molecular weight is 392 g/mol. The number of likely N-dealkylation sites (tertiary alicyclic amines) is 1. The summed E-state index contributed by atoms with van der Waals surface area (Å²) < 4.78 is 1.21. The molecular weight excluding hydrogens is 377 g/mol. The Morgan fingerprint density at radius 2 is 1.84 bits per heavy atom. The molecule has 3 aromatic rings. The SMILES string of the molecule is O=C(c1nc(Cl)ccc1Cl)N1CCC(c2nc3ccccc3s2)CC1. The zero-order valence-corrected chi connectivity index (χ0v) is 15.6. The summed E-state index contributed by atoms with van der Waals surface area (Å²) in [6.07, 6.45) is 1.79. The summed E-state index contributed by atoms with van der Waals surface area (Å²) in [6.45, 7) is 1.34. The highest BCUT2D eigenvalue weighted by Gasteiger charge is 2.28. The molecule has 1 saturated heterocycles. The van der Waals surface area contributed by atoms with Crippen LogP contribution in [0.25, 0.3) is 10.2 Å². The van der Waals surface area contributed by atoms with Crippen LogP contribution in [-0.2, 0) is 0 Å². The predicted molar refractivity (Wildman–Crippen MR) is 102 cm³/mol. The Morgan fingerprint density at radius 1 is 1.08 bits per heavy atom. The van der Waals surface area contributed by atoms with E-state index in [4.69, 9.17) is 28.2 Å². The molecule has 25 heavy (non-hydrogen) atoms. The minimum Gasteiger partial charge on any atom is -0.337 e. The summed E-state index contributed by atoms with van der Waals surface area (Å²) in [4.78, 5) is 23.3. The average Bonchev–Trinajstić information content (AvgIpc) is 3.07. The molecule has 128 valence electrons. The van der Waals surface area contributed by atoms with Crippen LogP contribution >= 0.6 is 34.5 Å². The first-order valence-electron chi connectivity index (χ1n) is 8.08. The molecule has 4 rings (SSSR count). The van der Waals surface area contributed by atoms with E-state index in [0.717, 1.165) is 23.4 Å². The van der Waals surface area contributed by atoms with Crippen molar-refractivity contribution >= 4 is 50.7 Å². The number of nitrogens with zero attached hydrogens (tertiary/aromatic N) is 3. The van der Waals surface area contributed by atoms with Gasteiger partial charge in [0.1, 0.15) is 10.8 Å². The van der Waals surface area contributed by atoms with Gasteiger partial charge >= 0.3 is 0 Å². The van der Waals surface area contributed by atoms with Gasteiger partial charge in [-0.2, -0.15) is 0 Å². The Labute approximate surface area is 159 Å². The van der Waals surface area contributed by atoms with Crippen molar-refractivity contribution in [1.82, 2.24) is 14.9 Å². The number of piperidine rings is 1. The fraction of sp³-hybridized carbons (Fsp3) is 0.278. The number of amides is 1. The number of hydrogen-bond acceptors (Lipinski definition) is 4. The molecule has 0 atom stereocenters. The molecule has 1 aliphatic heterocycles. The fourth-order valence-corrected chi connectivity index (χ4v) is 4.58. The minimum absolute atomic E-state index is 0.157. The lowest BCUT2D eigenvalue weighted by atomic mass is 9.97. The molecule has 0 N–H and O–H groups in total. The van der Waals surface area contributed by atoms with Crippen LogP contribution in [0.4, 0.5) is 0 Å². The first-order valence-corrected chi connectivity index (χ1v) is 9.66. The molecule has 0 unspecified atom stereocenters. The molecule has 0 radical (unpaired) electrons. The molecule has 0 bridgehead atoms. The molecular formula is C18H15Cl2N3OS. The Balaban J connectivity index is 1.47. The normalized spacial score (nSPS) is 15.7. The number of para-hydroxylation sites is 1. The first-order chi connectivity index (χ1) is 12.1. The number of fused-ring (bicyclic) bond motifs is 1. The number of aromatic nitrogens is 2. The van der Waals surface area contributed by atoms with E-state index in [2.05, 4.69) is 11.1 Å². The van der Waals surface area contributed by atoms with Gasteiger partial charge in [-0.3, -0.25) is 4.79 Å². The van der Waals surface area contributed by atoms with E-state index in [1.807, 2.05) is 18.2 Å². The highest BCUT2D eigenvalue weighted by molar-refractivity contribution is 7.18. The van der Waals surface area contributed by atoms with Crippen LogP contribution < -0.4 is 0 Å². The number of rotatable bonds is 2. The third-order valence-corrected chi connectivity index (χ3v) is 6.17. The molecule has 1 amide bonds. The van der Waals surface area contributed by atoms with Crippen molar-refractivity contribution in [3.05, 3.63) is 57.3 Å². The summed E-state index contributed by atoms with van der Waals surface area (Å²) in [5.74, 6) is 0.236. The van der Waals surface area contributed by atoms with E-state index in [0.29, 0.717) is 24.0 Å². The van der Waals surface area contributed by atoms with E-state index in [1.54, 1.807) is 28.4 Å². The Hall–Kier alpha value is -1.69. The number of hydrogen-bond donors (Lipinski definition) is 0. The van der Waals surface area contributed by atoms with Gasteiger partial charge in [-0.1, -0.05) is 35.3 Å². The smallest absolute Gasteiger partial charge is 0.274 e. The van der Waals surface area contributed by atoms with E-state index in [-0.39, 0.29) is 16.8 Å². The van der Waals surface area contributed by atoms with Crippen molar-refractivity contribution in [1.29, 1.82) is 0 Å². The Bertz CT molecular complexity index is 902. The second-order valence-electron chi connectivity index (χ2n) is 6.05. The third kappa shape index (κ3) is 3.36. The van der Waals surface area contributed by atoms with Gasteiger partial charge in [0.15, 0.2) is 0 Å². The van der Waals surface area contributed by atoms with Crippen molar-refractivity contribution in [2.45, 2.75) is 18.8 Å². The van der Waals surface area contributed by atoms with Crippen molar-refractivity contribution in [2.75, 3.05) is 13.1 Å². The highest BCUT2D eigenvalue weighted by Crippen LogP contribution is 2.34. The standard InChI is InChI=1S/C18H15Cl2N3OS/c19-12-5-6-15(20)22-16(12)18(24)23-9-7-11(8-10-23)17-21-13-3-1-2-4-14(13)25-17/h1-6,11H,7-10H2. The van der Waals surface area contributed by atoms with Crippen LogP contribution in [0.15, 0.2) is 36.4 Å². The Kier molecular flexibility index (Phi) is 4.63. The molecule has 0 spiro atoms. The van der Waals surface area contributed by atoms with Crippen LogP contribution in [-0.4, -0.2) is 33.9 Å². The molecule has 2 aromatic heterocycles. The van der Waals surface area contributed by atoms with Crippen molar-refractivity contribution < 1.29 is 4.79 Å². The zero-order chi connectivity index (χ0) is 17.4. The van der Waals surface area contributed by atoms with Gasteiger partial charge in [0.2, 0.25) is 0 Å². The number of halogens is 2. The van der Waals surface area contributed by atoms with Gasteiger partial charge in [0.25, 0.3) is 5.91 Å². The van der Waals surface area contributed by atoms with Crippen LogP contribution in [0.5, 0.6) is 0 Å². The maximum Gasteiger partial charge on any atom is 0.274 e. The molecule has 3 heterocycles. The van der Waals surface area contributed by atoms with E-state index < -0.39 is 0 Å². The second-order valence-corrected chi connectivity index (χ2v) is 7.91. The van der Waals surface area contributed by atoms with E-state index in [9.17, 15) is 4.79 Å². The quantitative estimate of drug-likeness (QED) is 0.576. The maximum absolute atomic E-state index is 12.7. The zero-order valence-electron chi connectivity index (χ0n) is 13.3. The minimum atomic E-state index is -0.157. The van der Waals surface area contributed by atoms with Crippen LogP contribution in [0, 0.1) is 0 Å². The van der Waals surface area contributed by atoms with Gasteiger partial charge in [-0.25, -0.2) is 9.97 Å². The van der Waals surface area contributed by atoms with Gasteiger partial charge in [-0.15, -0.1) is 11.3 Å². The van der Waals surface area contributed by atoms with Crippen molar-refractivity contribution in [3.8, 4) is 0 Å². The van der Waals surface area contributed by atoms with Gasteiger partial charge in [-0.05, 0) is 37.1 Å². The van der Waals surface area contributed by atoms with Gasteiger partial charge in [0.05, 0.1) is 20.2 Å². The number of carbonyl (C=O) groups is 1. The molecule has 1 aliphatic rings. The monoisotopic (exact) mass is 391 g/mol. The second kappa shape index (κ2) is 6.90. The Morgan fingerprint density at radius 3 is 2.60 bits per heavy atom. The molecule has 1 fully saturated rings. The summed E-state index contributed by atoms with van der Waals surface area (Å²) in [5.41, 5.74) is 1.28. The lowest BCUT2D eigenvalue weighted by Gasteiger charge is -2.31. The van der Waals surface area contributed by atoms with E-state index >= 15 is 0 Å². The number of benzene rings is 1. The van der Waals surface area contributed by atoms with Crippen molar-refractivity contribution in [2.24, 2.45) is 0 Å². The summed E-state index contributed by atoms with van der Waals surface area (Å²) in [5, 5.41) is 1.77. The third-order valence-electron chi connectivity index (χ3n) is 4.46.